The van der Waals surface area contributed by atoms with Crippen molar-refractivity contribution in [1.82, 2.24) is 15.5 Å². The molecule has 0 atom stereocenters. The van der Waals surface area contributed by atoms with Crippen molar-refractivity contribution in [1.29, 1.82) is 5.41 Å². The molecule has 0 saturated heterocycles. The van der Waals surface area contributed by atoms with Gasteiger partial charge in [-0.25, -0.2) is 0 Å². The van der Waals surface area contributed by atoms with Crippen molar-refractivity contribution in [2.45, 2.75) is 18.9 Å². The molecule has 0 radical (unpaired) electrons. The molecule has 2 rings (SSSR count). The fourth-order valence-electron chi connectivity index (χ4n) is 1.20. The summed E-state index contributed by atoms with van der Waals surface area (Å²) < 4.78 is 0. The molecule has 66 valence electrons. The maximum absolute atomic E-state index is 7.73. The SMILES string of the molecule is CN1CNC=C(NC2CC2)C1=N. The number of likely N-dealkylation sites (N-methyl/N-ethyl adjacent to an activating group) is 1. The summed E-state index contributed by atoms with van der Waals surface area (Å²) in [5.74, 6) is 0.584. The highest BCUT2D eigenvalue weighted by Crippen LogP contribution is 2.20. The maximum Gasteiger partial charge on any atom is 0.147 e. The Morgan fingerprint density at radius 3 is 3.08 bits per heavy atom. The summed E-state index contributed by atoms with van der Waals surface area (Å²) in [7, 11) is 1.91. The first-order chi connectivity index (χ1) is 5.77. The molecule has 2 aliphatic rings. The smallest absolute Gasteiger partial charge is 0.147 e. The van der Waals surface area contributed by atoms with E-state index < -0.39 is 0 Å². The minimum atomic E-state index is 0.584. The number of hydrogen-bond acceptors (Lipinski definition) is 3. The Kier molecular flexibility index (Phi) is 1.67. The molecule has 1 aliphatic heterocycles. The van der Waals surface area contributed by atoms with Gasteiger partial charge in [0.2, 0.25) is 0 Å². The van der Waals surface area contributed by atoms with Crippen LogP contribution < -0.4 is 10.6 Å². The second-order valence-electron chi connectivity index (χ2n) is 3.39. The molecule has 0 amide bonds. The molecular weight excluding hydrogens is 152 g/mol. The van der Waals surface area contributed by atoms with Crippen LogP contribution in [0, 0.1) is 5.41 Å². The lowest BCUT2D eigenvalue weighted by Gasteiger charge is -2.27. The van der Waals surface area contributed by atoms with E-state index in [4.69, 9.17) is 5.41 Å². The van der Waals surface area contributed by atoms with Crippen molar-refractivity contribution < 1.29 is 0 Å². The Balaban J connectivity index is 2.01. The number of nitrogens with one attached hydrogen (secondary N) is 3. The van der Waals surface area contributed by atoms with Gasteiger partial charge in [-0.15, -0.1) is 0 Å². The number of hydrogen-bond donors (Lipinski definition) is 3. The Morgan fingerprint density at radius 1 is 1.67 bits per heavy atom. The van der Waals surface area contributed by atoms with Crippen LogP contribution in [0.4, 0.5) is 0 Å². The molecule has 12 heavy (non-hydrogen) atoms. The van der Waals surface area contributed by atoms with E-state index in [1.165, 1.54) is 12.8 Å². The minimum Gasteiger partial charge on any atom is -0.378 e. The van der Waals surface area contributed by atoms with Gasteiger partial charge in [0.05, 0.1) is 12.4 Å². The number of rotatable bonds is 2. The average Bonchev–Trinajstić information content (AvgIpc) is 2.83. The minimum absolute atomic E-state index is 0.584. The molecule has 0 aromatic carbocycles. The van der Waals surface area contributed by atoms with Crippen molar-refractivity contribution in [3.8, 4) is 0 Å². The second kappa shape index (κ2) is 2.69. The van der Waals surface area contributed by atoms with E-state index in [1.54, 1.807) is 0 Å². The Labute approximate surface area is 72.1 Å². The van der Waals surface area contributed by atoms with E-state index in [0.717, 1.165) is 12.4 Å². The van der Waals surface area contributed by atoms with Crippen LogP contribution >= 0.6 is 0 Å². The highest BCUT2D eigenvalue weighted by Gasteiger charge is 2.24. The van der Waals surface area contributed by atoms with E-state index in [-0.39, 0.29) is 0 Å². The third-order valence-corrected chi connectivity index (χ3v) is 2.15. The van der Waals surface area contributed by atoms with E-state index in [0.29, 0.717) is 11.9 Å². The first-order valence-electron chi connectivity index (χ1n) is 4.27. The summed E-state index contributed by atoms with van der Waals surface area (Å²) in [6.07, 6.45) is 4.38. The third kappa shape index (κ3) is 1.37. The van der Waals surface area contributed by atoms with Crippen molar-refractivity contribution >= 4 is 5.84 Å². The first-order valence-corrected chi connectivity index (χ1v) is 4.27. The predicted octanol–water partition coefficient (Wildman–Crippen LogP) is 0.0496. The van der Waals surface area contributed by atoms with Gasteiger partial charge in [0.25, 0.3) is 0 Å². The van der Waals surface area contributed by atoms with Crippen LogP contribution in [0.15, 0.2) is 11.9 Å². The molecule has 0 unspecified atom stereocenters. The van der Waals surface area contributed by atoms with Gasteiger partial charge in [-0.2, -0.15) is 0 Å². The molecule has 1 saturated carbocycles. The standard InChI is InChI=1S/C8H14N4/c1-12-5-10-4-7(8(12)9)11-6-2-3-6/h4,6,9-11H,2-3,5H2,1H3. The Morgan fingerprint density at radius 2 is 2.42 bits per heavy atom. The summed E-state index contributed by atoms with van der Waals surface area (Å²) in [5.41, 5.74) is 0.922. The van der Waals surface area contributed by atoms with Gasteiger partial charge in [0.1, 0.15) is 5.84 Å². The molecular formula is C8H14N4. The quantitative estimate of drug-likeness (QED) is 0.543. The fourth-order valence-corrected chi connectivity index (χ4v) is 1.20. The molecule has 4 nitrogen and oxygen atoms in total. The molecule has 3 N–H and O–H groups in total. The number of nitrogens with zero attached hydrogens (tertiary/aromatic N) is 1. The van der Waals surface area contributed by atoms with Gasteiger partial charge >= 0.3 is 0 Å². The van der Waals surface area contributed by atoms with Crippen LogP contribution in [0.25, 0.3) is 0 Å². The van der Waals surface area contributed by atoms with E-state index in [1.807, 2.05) is 18.1 Å². The Bertz CT molecular complexity index is 229. The monoisotopic (exact) mass is 166 g/mol. The van der Waals surface area contributed by atoms with Gasteiger partial charge in [-0.05, 0) is 12.8 Å². The van der Waals surface area contributed by atoms with Crippen LogP contribution in [0.3, 0.4) is 0 Å². The summed E-state index contributed by atoms with van der Waals surface area (Å²) in [6.45, 7) is 0.731. The topological polar surface area (TPSA) is 51.1 Å². The summed E-state index contributed by atoms with van der Waals surface area (Å²) in [5, 5.41) is 14.1. The molecule has 4 heteroatoms. The summed E-state index contributed by atoms with van der Waals surface area (Å²) >= 11 is 0. The molecule has 1 heterocycles. The normalized spacial score (nSPS) is 23.2. The van der Waals surface area contributed by atoms with Crippen molar-refractivity contribution in [3.63, 3.8) is 0 Å². The van der Waals surface area contributed by atoms with Crippen LogP contribution in [0.2, 0.25) is 0 Å². The average molecular weight is 166 g/mol. The van der Waals surface area contributed by atoms with Crippen molar-refractivity contribution in [3.05, 3.63) is 11.9 Å². The Hall–Kier alpha value is -1.19. The second-order valence-corrected chi connectivity index (χ2v) is 3.39. The lowest BCUT2D eigenvalue weighted by molar-refractivity contribution is 0.458. The van der Waals surface area contributed by atoms with Gasteiger partial charge in [-0.3, -0.25) is 5.41 Å². The molecule has 0 aromatic heterocycles. The largest absolute Gasteiger partial charge is 0.378 e. The summed E-state index contributed by atoms with van der Waals surface area (Å²) in [6, 6.07) is 0.616. The van der Waals surface area contributed by atoms with Gasteiger partial charge in [0.15, 0.2) is 0 Å². The van der Waals surface area contributed by atoms with Gasteiger partial charge in [0, 0.05) is 19.3 Å². The highest BCUT2D eigenvalue weighted by atomic mass is 15.3. The van der Waals surface area contributed by atoms with Crippen LogP contribution in [-0.4, -0.2) is 30.5 Å². The molecule has 0 aromatic rings. The van der Waals surface area contributed by atoms with E-state index in [2.05, 4.69) is 10.6 Å². The highest BCUT2D eigenvalue weighted by molar-refractivity contribution is 5.95. The van der Waals surface area contributed by atoms with Gasteiger partial charge in [-0.1, -0.05) is 0 Å². The maximum atomic E-state index is 7.73. The van der Waals surface area contributed by atoms with Crippen molar-refractivity contribution in [2.75, 3.05) is 13.7 Å². The lowest BCUT2D eigenvalue weighted by atomic mass is 10.3. The van der Waals surface area contributed by atoms with E-state index >= 15 is 0 Å². The zero-order valence-electron chi connectivity index (χ0n) is 7.22. The fraction of sp³-hybridized carbons (Fsp3) is 0.625. The van der Waals surface area contributed by atoms with Crippen LogP contribution in [0.5, 0.6) is 0 Å². The summed E-state index contributed by atoms with van der Waals surface area (Å²) in [4.78, 5) is 1.88. The zero-order chi connectivity index (χ0) is 8.55. The molecule has 1 fully saturated rings. The third-order valence-electron chi connectivity index (χ3n) is 2.15. The lowest BCUT2D eigenvalue weighted by Crippen LogP contribution is -2.43. The van der Waals surface area contributed by atoms with Gasteiger partial charge < -0.3 is 15.5 Å². The molecule has 0 bridgehead atoms. The first kappa shape index (κ1) is 7.46. The van der Waals surface area contributed by atoms with E-state index in [9.17, 15) is 0 Å². The van der Waals surface area contributed by atoms with Crippen LogP contribution in [-0.2, 0) is 0 Å². The molecule has 1 aliphatic carbocycles. The predicted molar refractivity (Wildman–Crippen MR) is 47.7 cm³/mol. The van der Waals surface area contributed by atoms with Crippen molar-refractivity contribution in [2.24, 2.45) is 0 Å². The number of amidine groups is 1. The molecule has 0 spiro atoms. The zero-order valence-corrected chi connectivity index (χ0v) is 7.22. The van der Waals surface area contributed by atoms with Crippen LogP contribution in [0.1, 0.15) is 12.8 Å².